The monoisotopic (exact) mass is 479 g/mol. The summed E-state index contributed by atoms with van der Waals surface area (Å²) >= 11 is 3.59. The summed E-state index contributed by atoms with van der Waals surface area (Å²) in [5.41, 5.74) is 4.71. The van der Waals surface area contributed by atoms with Crippen molar-refractivity contribution < 1.29 is 0 Å². The van der Waals surface area contributed by atoms with E-state index in [0.717, 1.165) is 48.0 Å². The molecule has 31 heavy (non-hydrogen) atoms. The maximum atomic E-state index is 13.1. The Morgan fingerprint density at radius 1 is 1.19 bits per heavy atom. The molecule has 1 atom stereocenters. The summed E-state index contributed by atoms with van der Waals surface area (Å²) < 4.78 is 3.10. The molecule has 2 heterocycles. The van der Waals surface area contributed by atoms with Crippen LogP contribution in [0, 0.1) is 0 Å². The van der Waals surface area contributed by atoms with Gasteiger partial charge in [0.05, 0.1) is 22.0 Å². The van der Waals surface area contributed by atoms with E-state index < -0.39 is 0 Å². The van der Waals surface area contributed by atoms with Gasteiger partial charge in [-0.25, -0.2) is 0 Å². The Hall–Kier alpha value is -1.98. The van der Waals surface area contributed by atoms with Gasteiger partial charge in [0.1, 0.15) is 5.82 Å². The minimum atomic E-state index is -0.138. The number of hydrogen-bond donors (Lipinski definition) is 1. The van der Waals surface area contributed by atoms with Gasteiger partial charge < -0.3 is 5.32 Å². The van der Waals surface area contributed by atoms with E-state index in [1.165, 1.54) is 36.1 Å². The van der Waals surface area contributed by atoms with Crippen LogP contribution in [0.1, 0.15) is 74.7 Å². The summed E-state index contributed by atoms with van der Waals surface area (Å²) in [4.78, 5) is 17.9. The fraction of sp³-hybridized carbons (Fsp3) is 0.462. The molecule has 0 bridgehead atoms. The third kappa shape index (κ3) is 3.20. The molecular weight excluding hydrogens is 450 g/mol. The van der Waals surface area contributed by atoms with Crippen LogP contribution in [0.2, 0.25) is 0 Å². The third-order valence-corrected chi connectivity index (χ3v) is 8.15. The Kier molecular flexibility index (Phi) is 5.51. The van der Waals surface area contributed by atoms with Crippen LogP contribution in [0.5, 0.6) is 0 Å². The van der Waals surface area contributed by atoms with E-state index >= 15 is 0 Å². The first kappa shape index (κ1) is 20.9. The van der Waals surface area contributed by atoms with Crippen LogP contribution < -0.4 is 10.9 Å². The first-order chi connectivity index (χ1) is 15.1. The second kappa shape index (κ2) is 8.18. The lowest BCUT2D eigenvalue weighted by Gasteiger charge is -2.34. The first-order valence-electron chi connectivity index (χ1n) is 11.6. The maximum Gasteiger partial charge on any atom is 0.281 e. The molecule has 5 heteroatoms. The predicted octanol–water partition coefficient (Wildman–Crippen LogP) is 5.81. The molecule has 0 amide bonds. The van der Waals surface area contributed by atoms with Gasteiger partial charge in [-0.15, -0.1) is 0 Å². The number of rotatable bonds is 5. The highest BCUT2D eigenvalue weighted by molar-refractivity contribution is 9.10. The Labute approximate surface area is 192 Å². The van der Waals surface area contributed by atoms with Crippen LogP contribution in [0.4, 0.5) is 0 Å². The minimum Gasteiger partial charge on any atom is -0.320 e. The standard InChI is InChI=1S/C26H30BrN3O/c1-3-17(12-15-28-2)18-10-11-21-19(16-18)26(13-5-4-6-14-26)25-29-24(31)23-20(27)8-7-9-22(23)30(21)25/h7-11,16-17,28H,3-6,12-15H2,1-2H3. The lowest BCUT2D eigenvalue weighted by atomic mass is 9.69. The van der Waals surface area contributed by atoms with E-state index in [1.54, 1.807) is 0 Å². The molecule has 1 unspecified atom stereocenters. The van der Waals surface area contributed by atoms with Crippen molar-refractivity contribution in [3.05, 3.63) is 68.2 Å². The Bertz CT molecular complexity index is 1190. The van der Waals surface area contributed by atoms with Gasteiger partial charge in [-0.05, 0) is 90.4 Å². The molecule has 1 aromatic heterocycles. The van der Waals surface area contributed by atoms with E-state index in [-0.39, 0.29) is 11.0 Å². The molecule has 1 saturated carbocycles. The molecule has 162 valence electrons. The number of aromatic nitrogens is 2. The topological polar surface area (TPSA) is 46.9 Å². The van der Waals surface area contributed by atoms with Gasteiger partial charge in [0.25, 0.3) is 5.56 Å². The number of hydrogen-bond acceptors (Lipinski definition) is 3. The molecule has 1 fully saturated rings. The molecule has 2 aliphatic rings. The number of nitrogens with zero attached hydrogens (tertiary/aromatic N) is 2. The smallest absolute Gasteiger partial charge is 0.281 e. The number of nitrogens with one attached hydrogen (secondary N) is 1. The van der Waals surface area contributed by atoms with E-state index in [1.807, 2.05) is 19.2 Å². The van der Waals surface area contributed by atoms with Crippen LogP contribution in [-0.4, -0.2) is 23.1 Å². The molecule has 1 aliphatic heterocycles. The van der Waals surface area contributed by atoms with Crippen molar-refractivity contribution in [2.75, 3.05) is 13.6 Å². The second-order valence-electron chi connectivity index (χ2n) is 9.13. The fourth-order valence-electron chi connectivity index (χ4n) is 5.87. The van der Waals surface area contributed by atoms with Crippen LogP contribution in [0.15, 0.2) is 45.7 Å². The highest BCUT2D eigenvalue weighted by Gasteiger charge is 2.46. The fourth-order valence-corrected chi connectivity index (χ4v) is 6.40. The molecule has 3 aromatic rings. The van der Waals surface area contributed by atoms with Crippen molar-refractivity contribution >= 4 is 26.8 Å². The van der Waals surface area contributed by atoms with Gasteiger partial charge in [0, 0.05) is 4.47 Å². The lowest BCUT2D eigenvalue weighted by molar-refractivity contribution is 0.338. The van der Waals surface area contributed by atoms with Gasteiger partial charge in [0.2, 0.25) is 0 Å². The van der Waals surface area contributed by atoms with Crippen molar-refractivity contribution in [2.24, 2.45) is 0 Å². The van der Waals surface area contributed by atoms with E-state index in [2.05, 4.69) is 57.0 Å². The van der Waals surface area contributed by atoms with Gasteiger partial charge in [-0.2, -0.15) is 4.98 Å². The van der Waals surface area contributed by atoms with Crippen molar-refractivity contribution in [1.29, 1.82) is 0 Å². The number of halogens is 1. The van der Waals surface area contributed by atoms with Crippen LogP contribution >= 0.6 is 15.9 Å². The van der Waals surface area contributed by atoms with Crippen molar-refractivity contribution in [3.63, 3.8) is 0 Å². The average Bonchev–Trinajstić information content (AvgIpc) is 3.04. The lowest BCUT2D eigenvalue weighted by Crippen LogP contribution is -2.32. The molecule has 1 aliphatic carbocycles. The Morgan fingerprint density at radius 3 is 2.74 bits per heavy atom. The largest absolute Gasteiger partial charge is 0.320 e. The van der Waals surface area contributed by atoms with E-state index in [4.69, 9.17) is 4.98 Å². The summed E-state index contributed by atoms with van der Waals surface area (Å²) in [5.74, 6) is 1.50. The molecule has 4 nitrogen and oxygen atoms in total. The molecule has 5 rings (SSSR count). The molecule has 0 radical (unpaired) electrons. The normalized spacial score (nSPS) is 17.6. The van der Waals surface area contributed by atoms with Gasteiger partial charge in [-0.3, -0.25) is 9.36 Å². The van der Waals surface area contributed by atoms with E-state index in [0.29, 0.717) is 11.3 Å². The van der Waals surface area contributed by atoms with Gasteiger partial charge in [0.15, 0.2) is 0 Å². The van der Waals surface area contributed by atoms with Crippen molar-refractivity contribution in [3.8, 4) is 5.69 Å². The molecular formula is C26H30BrN3O. The number of fused-ring (bicyclic) bond motifs is 7. The maximum absolute atomic E-state index is 13.1. The predicted molar refractivity (Wildman–Crippen MR) is 130 cm³/mol. The molecule has 1 N–H and O–H groups in total. The summed E-state index contributed by atoms with van der Waals surface area (Å²) in [6.45, 7) is 3.30. The number of benzene rings is 2. The van der Waals surface area contributed by atoms with Crippen LogP contribution in [0.25, 0.3) is 16.6 Å². The zero-order chi connectivity index (χ0) is 21.6. The third-order valence-electron chi connectivity index (χ3n) is 7.48. The van der Waals surface area contributed by atoms with Crippen LogP contribution in [-0.2, 0) is 5.41 Å². The summed E-state index contributed by atoms with van der Waals surface area (Å²) in [6, 6.07) is 13.1. The van der Waals surface area contributed by atoms with Gasteiger partial charge in [-0.1, -0.05) is 44.4 Å². The van der Waals surface area contributed by atoms with Crippen molar-refractivity contribution in [1.82, 2.24) is 14.9 Å². The quantitative estimate of drug-likeness (QED) is 0.501. The second-order valence-corrected chi connectivity index (χ2v) is 9.98. The highest BCUT2D eigenvalue weighted by Crippen LogP contribution is 2.52. The zero-order valence-electron chi connectivity index (χ0n) is 18.4. The minimum absolute atomic E-state index is 0.118. The SMILES string of the molecule is CCC(CCNC)c1ccc2c(c1)C1(CCCCC1)c1nc(=O)c3c(Br)cccc3n1-2. The zero-order valence-corrected chi connectivity index (χ0v) is 20.0. The summed E-state index contributed by atoms with van der Waals surface area (Å²) in [6.07, 6.45) is 8.05. The Morgan fingerprint density at radius 2 is 2.00 bits per heavy atom. The molecule has 0 saturated heterocycles. The van der Waals surface area contributed by atoms with Gasteiger partial charge >= 0.3 is 0 Å². The summed E-state index contributed by atoms with van der Waals surface area (Å²) in [5, 5.41) is 3.98. The van der Waals surface area contributed by atoms with Crippen molar-refractivity contribution in [2.45, 2.75) is 63.2 Å². The van der Waals surface area contributed by atoms with E-state index in [9.17, 15) is 4.79 Å². The highest BCUT2D eigenvalue weighted by atomic mass is 79.9. The van der Waals surface area contributed by atoms with Crippen LogP contribution in [0.3, 0.4) is 0 Å². The Balaban J connectivity index is 1.77. The average molecular weight is 480 g/mol. The summed E-state index contributed by atoms with van der Waals surface area (Å²) in [7, 11) is 2.02. The first-order valence-corrected chi connectivity index (χ1v) is 12.4. The molecule has 1 spiro atoms. The molecule has 2 aromatic carbocycles.